The zero-order valence-electron chi connectivity index (χ0n) is 43.4. The molecule has 6 aromatic rings. The van der Waals surface area contributed by atoms with E-state index in [1.807, 2.05) is 6.07 Å². The number of nitro benzene ring substituents is 1. The summed E-state index contributed by atoms with van der Waals surface area (Å²) < 4.78 is 70.4. The lowest BCUT2D eigenvalue weighted by Crippen LogP contribution is -2.60. The fourth-order valence-electron chi connectivity index (χ4n) is 12.0. The molecule has 19 heteroatoms. The van der Waals surface area contributed by atoms with Crippen LogP contribution >= 0.6 is 0 Å². The first kappa shape index (κ1) is 52.8. The van der Waals surface area contributed by atoms with E-state index in [2.05, 4.69) is 72.8 Å². The van der Waals surface area contributed by atoms with Crippen LogP contribution in [0.4, 0.5) is 25.8 Å². The molecule has 2 aromatic heterocycles. The maximum Gasteiger partial charge on any atom is 0.293 e. The third kappa shape index (κ3) is 11.2. The van der Waals surface area contributed by atoms with Crippen LogP contribution in [-0.2, 0) is 16.6 Å². The Morgan fingerprint density at radius 2 is 1.71 bits per heavy atom. The number of methoxy groups -OCH3 is 1. The highest BCUT2D eigenvalue weighted by molar-refractivity contribution is 7.90. The van der Waals surface area contributed by atoms with Crippen LogP contribution < -0.4 is 24.4 Å². The Hall–Kier alpha value is -6.67. The van der Waals surface area contributed by atoms with Gasteiger partial charge in [0, 0.05) is 81.9 Å². The molecule has 402 valence electrons. The van der Waals surface area contributed by atoms with E-state index in [1.54, 1.807) is 25.1 Å². The number of piperidine rings is 1. The summed E-state index contributed by atoms with van der Waals surface area (Å²) in [5, 5.41) is 25.8. The number of ether oxygens (including phenoxy) is 2. The fourth-order valence-corrected chi connectivity index (χ4v) is 13.0. The maximum atomic E-state index is 14.7. The lowest BCUT2D eigenvalue weighted by molar-refractivity contribution is -0.384. The first-order valence-corrected chi connectivity index (χ1v) is 27.8. The van der Waals surface area contributed by atoms with Crippen LogP contribution in [0.3, 0.4) is 0 Å². The van der Waals surface area contributed by atoms with Crippen LogP contribution in [0, 0.1) is 33.1 Å². The third-order valence-corrected chi connectivity index (χ3v) is 17.8. The number of rotatable bonds is 16. The third-order valence-electron chi connectivity index (χ3n) is 16.5. The normalized spacial score (nSPS) is 21.4. The lowest BCUT2D eigenvalue weighted by atomic mass is 9.59. The van der Waals surface area contributed by atoms with Gasteiger partial charge in [-0.15, -0.1) is 0 Å². The highest BCUT2D eigenvalue weighted by Gasteiger charge is 2.50. The number of carbonyl (C=O) groups excluding carboxylic acids is 1. The fraction of sp³-hybridized carbons (Fsp3) is 0.439. The number of hydrogen-bond acceptors (Lipinski definition) is 13. The number of pyridine rings is 1. The number of amides is 1. The van der Waals surface area contributed by atoms with E-state index in [9.17, 15) is 37.2 Å². The zero-order chi connectivity index (χ0) is 53.5. The number of nitrogens with zero attached hydrogens (tertiary/aromatic N) is 5. The van der Waals surface area contributed by atoms with Gasteiger partial charge in [-0.05, 0) is 135 Å². The molecule has 10 rings (SSSR count). The number of halogens is 2. The molecule has 2 aliphatic carbocycles. The Morgan fingerprint density at radius 3 is 2.45 bits per heavy atom. The van der Waals surface area contributed by atoms with Crippen LogP contribution in [0.2, 0.25) is 0 Å². The molecule has 4 N–H and O–H groups in total. The number of nitro groups is 1. The first-order chi connectivity index (χ1) is 36.4. The van der Waals surface area contributed by atoms with Gasteiger partial charge in [-0.2, -0.15) is 0 Å². The molecule has 4 aliphatic rings. The largest absolute Gasteiger partial charge is 0.494 e. The maximum absolute atomic E-state index is 14.7. The van der Waals surface area contributed by atoms with Crippen molar-refractivity contribution in [2.45, 2.75) is 107 Å². The van der Waals surface area contributed by atoms with Crippen LogP contribution in [0.5, 0.6) is 17.2 Å². The van der Waals surface area contributed by atoms with Crippen LogP contribution in [0.1, 0.15) is 111 Å². The summed E-state index contributed by atoms with van der Waals surface area (Å²) >= 11 is 0. The second-order valence-corrected chi connectivity index (χ2v) is 23.7. The Morgan fingerprint density at radius 1 is 0.947 bits per heavy atom. The number of piperazine rings is 1. The SMILES string of the molecule is COc1cc(CN2CCN(C3CC4(CCN(c5ccc(C(=O)NS(=O)(=O)c6ccc(NCC7CCC(C)(O)CC7)c([N+](=O)[O-])c6)c(Oc6cnc7[nH]cc(F)c7c6)c5)CC4)C3)C(c3ccccc3C(C)C)C2)ccc1F. The number of aliphatic hydroxyl groups is 1. The van der Waals surface area contributed by atoms with Gasteiger partial charge < -0.3 is 29.8 Å². The summed E-state index contributed by atoms with van der Waals surface area (Å²) in [5.41, 5.74) is 3.71. The van der Waals surface area contributed by atoms with Gasteiger partial charge in [0.25, 0.3) is 21.6 Å². The molecule has 1 atom stereocenters. The zero-order valence-corrected chi connectivity index (χ0v) is 44.2. The highest BCUT2D eigenvalue weighted by Crippen LogP contribution is 2.53. The van der Waals surface area contributed by atoms with Gasteiger partial charge in [0.1, 0.15) is 28.7 Å². The monoisotopic (exact) mass is 1060 g/mol. The van der Waals surface area contributed by atoms with Gasteiger partial charge in [-0.3, -0.25) is 24.7 Å². The Kier molecular flexibility index (Phi) is 14.9. The molecule has 4 heterocycles. The van der Waals surface area contributed by atoms with Crippen molar-refractivity contribution in [2.24, 2.45) is 11.3 Å². The summed E-state index contributed by atoms with van der Waals surface area (Å²) in [6, 6.07) is 24.3. The second-order valence-electron chi connectivity index (χ2n) is 22.0. The van der Waals surface area contributed by atoms with Crippen LogP contribution in [0.15, 0.2) is 102 Å². The number of aromatic amines is 1. The van der Waals surface area contributed by atoms with Crippen molar-refractivity contribution in [3.63, 3.8) is 0 Å². The smallest absolute Gasteiger partial charge is 0.293 e. The standard InChI is InChI=1S/C57H66F2N8O8S/c1-36(2)43-7-5-6-8-44(43)51-35-64(34-38-9-13-47(58)53(25-38)74-4)23-24-66(51)40-29-57(30-40)19-21-65(22-20-57)39-10-12-45(52(26-39)75-41-27-46-48(59)33-62-54(46)61-32-41)55(68)63-76(72,73)42-11-14-49(50(28-42)67(70)71)60-31-37-15-17-56(3,69)18-16-37/h5-14,25-28,32-33,36-37,40,51,60,69H,15-24,29-31,34-35H2,1-4H3,(H,61,62)(H,63,68). The van der Waals surface area contributed by atoms with Gasteiger partial charge in [0.05, 0.1) is 39.7 Å². The predicted octanol–water partition coefficient (Wildman–Crippen LogP) is 10.5. The van der Waals surface area contributed by atoms with E-state index in [0.717, 1.165) is 88.6 Å². The molecule has 76 heavy (non-hydrogen) atoms. The number of hydrogen-bond donors (Lipinski definition) is 4. The summed E-state index contributed by atoms with van der Waals surface area (Å²) in [6.07, 6.45) is 9.27. The second kappa shape index (κ2) is 21.4. The molecular formula is C57H66F2N8O8S. The van der Waals surface area contributed by atoms with Crippen LogP contribution in [-0.4, -0.2) is 102 Å². The van der Waals surface area contributed by atoms with Crippen molar-refractivity contribution < 1.29 is 41.5 Å². The topological polar surface area (TPSA) is 195 Å². The minimum absolute atomic E-state index is 0.00599. The quantitative estimate of drug-likeness (QED) is 0.0529. The van der Waals surface area contributed by atoms with Gasteiger partial charge in [0.2, 0.25) is 0 Å². The average molecular weight is 1060 g/mol. The number of sulfonamides is 1. The summed E-state index contributed by atoms with van der Waals surface area (Å²) in [6.45, 7) is 11.5. The molecule has 2 aliphatic heterocycles. The minimum Gasteiger partial charge on any atom is -0.494 e. The molecule has 4 fully saturated rings. The summed E-state index contributed by atoms with van der Waals surface area (Å²) in [5.74, 6) is -1.06. The van der Waals surface area contributed by atoms with Gasteiger partial charge in [0.15, 0.2) is 11.6 Å². The molecule has 1 unspecified atom stereocenters. The van der Waals surface area contributed by atoms with Crippen molar-refractivity contribution in [3.05, 3.63) is 141 Å². The predicted molar refractivity (Wildman–Crippen MR) is 286 cm³/mol. The Balaban J connectivity index is 0.839. The molecule has 1 amide bonds. The van der Waals surface area contributed by atoms with Crippen LogP contribution in [0.25, 0.3) is 11.0 Å². The van der Waals surface area contributed by atoms with E-state index >= 15 is 0 Å². The minimum atomic E-state index is -4.66. The molecule has 2 saturated heterocycles. The van der Waals surface area contributed by atoms with Gasteiger partial charge in [-0.1, -0.05) is 44.2 Å². The number of carbonyl (C=O) groups is 1. The molecule has 0 bridgehead atoms. The first-order valence-electron chi connectivity index (χ1n) is 26.3. The van der Waals surface area contributed by atoms with Crippen molar-refractivity contribution >= 4 is 44.0 Å². The van der Waals surface area contributed by atoms with Crippen molar-refractivity contribution in [2.75, 3.05) is 56.6 Å². The molecule has 1 spiro atoms. The van der Waals surface area contributed by atoms with E-state index in [-0.39, 0.29) is 57.1 Å². The lowest BCUT2D eigenvalue weighted by Gasteiger charge is -2.58. The number of fused-ring (bicyclic) bond motifs is 1. The van der Waals surface area contributed by atoms with E-state index < -0.39 is 42.9 Å². The van der Waals surface area contributed by atoms with Crippen molar-refractivity contribution in [1.29, 1.82) is 0 Å². The molecule has 4 aromatic carbocycles. The van der Waals surface area contributed by atoms with Gasteiger partial charge >= 0.3 is 0 Å². The van der Waals surface area contributed by atoms with E-state index in [1.165, 1.54) is 61.0 Å². The van der Waals surface area contributed by atoms with Crippen molar-refractivity contribution in [1.82, 2.24) is 24.5 Å². The highest BCUT2D eigenvalue weighted by atomic mass is 32.2. The average Bonchev–Trinajstić information content (AvgIpc) is 3.82. The molecule has 0 radical (unpaired) electrons. The summed E-state index contributed by atoms with van der Waals surface area (Å²) in [7, 11) is -3.17. The molecular weight excluding hydrogens is 995 g/mol. The Labute approximate surface area is 442 Å². The number of benzene rings is 4. The number of aromatic nitrogens is 2. The summed E-state index contributed by atoms with van der Waals surface area (Å²) in [4.78, 5) is 39.6. The number of anilines is 2. The van der Waals surface area contributed by atoms with Gasteiger partial charge in [-0.25, -0.2) is 26.9 Å². The van der Waals surface area contributed by atoms with Crippen molar-refractivity contribution in [3.8, 4) is 17.2 Å². The Bertz CT molecular complexity index is 3240. The molecule has 16 nitrogen and oxygen atoms in total. The number of nitrogens with one attached hydrogen (secondary N) is 3. The van der Waals surface area contributed by atoms with E-state index in [4.69, 9.17) is 9.47 Å². The molecule has 2 saturated carbocycles. The van der Waals surface area contributed by atoms with E-state index in [0.29, 0.717) is 43.5 Å². The number of H-pyrrole nitrogens is 1.